The molecule has 1 heterocycles. The van der Waals surface area contributed by atoms with E-state index in [9.17, 15) is 0 Å². The van der Waals surface area contributed by atoms with Crippen LogP contribution in [-0.4, -0.2) is 75.2 Å². The van der Waals surface area contributed by atoms with Crippen molar-refractivity contribution in [3.8, 4) is 0 Å². The van der Waals surface area contributed by atoms with Gasteiger partial charge in [0.2, 0.25) is 0 Å². The molecule has 0 saturated carbocycles. The van der Waals surface area contributed by atoms with Crippen LogP contribution in [0.5, 0.6) is 0 Å². The van der Waals surface area contributed by atoms with Crippen molar-refractivity contribution in [2.24, 2.45) is 4.99 Å². The van der Waals surface area contributed by atoms with Crippen LogP contribution in [0.1, 0.15) is 12.5 Å². The van der Waals surface area contributed by atoms with Crippen LogP contribution in [0.2, 0.25) is 0 Å². The minimum absolute atomic E-state index is 0. The van der Waals surface area contributed by atoms with E-state index < -0.39 is 0 Å². The van der Waals surface area contributed by atoms with Gasteiger partial charge in [-0.2, -0.15) is 0 Å². The van der Waals surface area contributed by atoms with Crippen molar-refractivity contribution in [2.45, 2.75) is 13.3 Å². The molecular formula is C18H32IN5. The molecule has 5 nitrogen and oxygen atoms in total. The molecule has 0 unspecified atom stereocenters. The summed E-state index contributed by atoms with van der Waals surface area (Å²) in [6.45, 7) is 11.1. The number of nitrogens with one attached hydrogen (secondary N) is 2. The van der Waals surface area contributed by atoms with E-state index in [1.807, 2.05) is 7.05 Å². The number of benzene rings is 1. The Hall–Kier alpha value is -0.860. The van der Waals surface area contributed by atoms with Crippen molar-refractivity contribution >= 4 is 29.9 Å². The highest BCUT2D eigenvalue weighted by Crippen LogP contribution is 2.00. The second-order valence-electron chi connectivity index (χ2n) is 5.94. The Labute approximate surface area is 163 Å². The molecule has 1 aromatic carbocycles. The third-order valence-corrected chi connectivity index (χ3v) is 4.41. The van der Waals surface area contributed by atoms with Crippen LogP contribution in [0.4, 0.5) is 0 Å². The molecule has 0 aromatic heterocycles. The number of hydrogen-bond acceptors (Lipinski definition) is 3. The first-order chi connectivity index (χ1) is 11.3. The van der Waals surface area contributed by atoms with Crippen LogP contribution in [-0.2, 0) is 6.42 Å². The molecule has 0 bridgehead atoms. The lowest BCUT2D eigenvalue weighted by Crippen LogP contribution is -2.49. The zero-order chi connectivity index (χ0) is 16.3. The molecule has 1 aromatic rings. The van der Waals surface area contributed by atoms with E-state index in [0.717, 1.165) is 32.0 Å². The van der Waals surface area contributed by atoms with Gasteiger partial charge in [-0.15, -0.1) is 24.0 Å². The van der Waals surface area contributed by atoms with Gasteiger partial charge in [0, 0.05) is 52.9 Å². The Morgan fingerprint density at radius 2 is 1.62 bits per heavy atom. The number of halogens is 1. The highest BCUT2D eigenvalue weighted by Gasteiger charge is 2.14. The van der Waals surface area contributed by atoms with E-state index in [-0.39, 0.29) is 24.0 Å². The fourth-order valence-electron chi connectivity index (χ4n) is 2.85. The van der Waals surface area contributed by atoms with Crippen molar-refractivity contribution < 1.29 is 0 Å². The Morgan fingerprint density at radius 3 is 2.25 bits per heavy atom. The van der Waals surface area contributed by atoms with Gasteiger partial charge in [-0.1, -0.05) is 37.3 Å². The number of piperazine rings is 1. The van der Waals surface area contributed by atoms with Crippen molar-refractivity contribution in [2.75, 3.05) is 59.4 Å². The molecule has 0 atom stereocenters. The predicted molar refractivity (Wildman–Crippen MR) is 113 cm³/mol. The summed E-state index contributed by atoms with van der Waals surface area (Å²) in [6, 6.07) is 10.5. The maximum atomic E-state index is 4.29. The number of nitrogens with zero attached hydrogens (tertiary/aromatic N) is 3. The second-order valence-corrected chi connectivity index (χ2v) is 5.94. The maximum Gasteiger partial charge on any atom is 0.191 e. The van der Waals surface area contributed by atoms with E-state index in [2.05, 4.69) is 62.7 Å². The highest BCUT2D eigenvalue weighted by atomic mass is 127. The summed E-state index contributed by atoms with van der Waals surface area (Å²) in [5.74, 6) is 0.896. The molecule has 0 aliphatic carbocycles. The minimum Gasteiger partial charge on any atom is -0.356 e. The molecule has 0 radical (unpaired) electrons. The Morgan fingerprint density at radius 1 is 1.00 bits per heavy atom. The summed E-state index contributed by atoms with van der Waals surface area (Å²) in [6.07, 6.45) is 1.01. The molecule has 1 aliphatic heterocycles. The summed E-state index contributed by atoms with van der Waals surface area (Å²) in [4.78, 5) is 9.33. The zero-order valence-electron chi connectivity index (χ0n) is 15.0. The van der Waals surface area contributed by atoms with Gasteiger partial charge >= 0.3 is 0 Å². The second kappa shape index (κ2) is 12.5. The van der Waals surface area contributed by atoms with Gasteiger partial charge in [-0.25, -0.2) is 0 Å². The van der Waals surface area contributed by atoms with E-state index in [1.165, 1.54) is 38.3 Å². The lowest BCUT2D eigenvalue weighted by molar-refractivity contribution is 0.139. The summed E-state index contributed by atoms with van der Waals surface area (Å²) >= 11 is 0. The molecule has 1 fully saturated rings. The van der Waals surface area contributed by atoms with Crippen LogP contribution in [0, 0.1) is 0 Å². The van der Waals surface area contributed by atoms with E-state index in [1.54, 1.807) is 0 Å². The van der Waals surface area contributed by atoms with Crippen molar-refractivity contribution in [3.63, 3.8) is 0 Å². The molecule has 136 valence electrons. The molecule has 6 heteroatoms. The van der Waals surface area contributed by atoms with Crippen LogP contribution in [0.25, 0.3) is 0 Å². The molecule has 24 heavy (non-hydrogen) atoms. The largest absolute Gasteiger partial charge is 0.356 e. The highest BCUT2D eigenvalue weighted by molar-refractivity contribution is 14.0. The quantitative estimate of drug-likeness (QED) is 0.381. The number of aliphatic imine (C=N–C) groups is 1. The normalized spacial score (nSPS) is 16.5. The summed E-state index contributed by atoms with van der Waals surface area (Å²) < 4.78 is 0. The lowest BCUT2D eigenvalue weighted by Gasteiger charge is -2.34. The van der Waals surface area contributed by atoms with Gasteiger partial charge in [0.25, 0.3) is 0 Å². The first kappa shape index (κ1) is 21.2. The van der Waals surface area contributed by atoms with Gasteiger partial charge in [0.15, 0.2) is 5.96 Å². The first-order valence-electron chi connectivity index (χ1n) is 8.75. The van der Waals surface area contributed by atoms with Crippen LogP contribution in [0.15, 0.2) is 35.3 Å². The van der Waals surface area contributed by atoms with Gasteiger partial charge in [-0.3, -0.25) is 9.89 Å². The first-order valence-corrected chi connectivity index (χ1v) is 8.75. The standard InChI is InChI=1S/C18H31N5.HI/c1-3-22-13-15-23(16-14-22)12-11-21-18(19-2)20-10-9-17-7-5-4-6-8-17;/h4-8H,3,9-16H2,1-2H3,(H2,19,20,21);1H. The fraction of sp³-hybridized carbons (Fsp3) is 0.611. The lowest BCUT2D eigenvalue weighted by atomic mass is 10.1. The molecule has 0 spiro atoms. The molecular weight excluding hydrogens is 413 g/mol. The third-order valence-electron chi connectivity index (χ3n) is 4.41. The van der Waals surface area contributed by atoms with E-state index >= 15 is 0 Å². The van der Waals surface area contributed by atoms with Crippen LogP contribution < -0.4 is 10.6 Å². The Balaban J connectivity index is 0.00000288. The van der Waals surface area contributed by atoms with Crippen LogP contribution in [0.3, 0.4) is 0 Å². The zero-order valence-corrected chi connectivity index (χ0v) is 17.3. The molecule has 2 N–H and O–H groups in total. The molecule has 0 amide bonds. The predicted octanol–water partition coefficient (Wildman–Crippen LogP) is 1.65. The Kier molecular flexibility index (Phi) is 11.0. The average molecular weight is 445 g/mol. The number of guanidine groups is 1. The van der Waals surface area contributed by atoms with Crippen molar-refractivity contribution in [1.82, 2.24) is 20.4 Å². The van der Waals surface area contributed by atoms with Gasteiger partial charge in [-0.05, 0) is 18.5 Å². The van der Waals surface area contributed by atoms with Crippen LogP contribution >= 0.6 is 24.0 Å². The molecule has 2 rings (SSSR count). The fourth-order valence-corrected chi connectivity index (χ4v) is 2.85. The maximum absolute atomic E-state index is 4.29. The Bertz CT molecular complexity index is 458. The smallest absolute Gasteiger partial charge is 0.191 e. The van der Waals surface area contributed by atoms with Gasteiger partial charge in [0.05, 0.1) is 0 Å². The topological polar surface area (TPSA) is 42.9 Å². The average Bonchev–Trinajstić information content (AvgIpc) is 2.62. The monoisotopic (exact) mass is 445 g/mol. The summed E-state index contributed by atoms with van der Waals surface area (Å²) in [5.41, 5.74) is 1.35. The van der Waals surface area contributed by atoms with Crippen molar-refractivity contribution in [1.29, 1.82) is 0 Å². The SMILES string of the molecule is CCN1CCN(CCNC(=NC)NCCc2ccccc2)CC1.I. The third kappa shape index (κ3) is 7.81. The van der Waals surface area contributed by atoms with Gasteiger partial charge < -0.3 is 15.5 Å². The number of likely N-dealkylation sites (N-methyl/N-ethyl adjacent to an activating group) is 1. The van der Waals surface area contributed by atoms with Crippen molar-refractivity contribution in [3.05, 3.63) is 35.9 Å². The number of rotatable bonds is 7. The summed E-state index contributed by atoms with van der Waals surface area (Å²) in [7, 11) is 1.83. The molecule has 1 saturated heterocycles. The van der Waals surface area contributed by atoms with E-state index in [0.29, 0.717) is 0 Å². The van der Waals surface area contributed by atoms with Gasteiger partial charge in [0.1, 0.15) is 0 Å². The molecule has 1 aliphatic rings. The minimum atomic E-state index is 0. The number of hydrogen-bond donors (Lipinski definition) is 2. The summed E-state index contributed by atoms with van der Waals surface area (Å²) in [5, 5.41) is 6.80. The van der Waals surface area contributed by atoms with E-state index in [4.69, 9.17) is 0 Å².